The molecule has 0 aliphatic heterocycles. The summed E-state index contributed by atoms with van der Waals surface area (Å²) in [7, 11) is 1.68. The van der Waals surface area contributed by atoms with E-state index in [-0.39, 0.29) is 0 Å². The van der Waals surface area contributed by atoms with Gasteiger partial charge in [-0.3, -0.25) is 0 Å². The molecule has 4 aromatic carbocycles. The molecule has 0 amide bonds. The maximum Gasteiger partial charge on any atom is 0.118 e. The summed E-state index contributed by atoms with van der Waals surface area (Å²) in [5.74, 6) is 7.35. The number of hydrogen-bond acceptors (Lipinski definition) is 3. The molecule has 4 rings (SSSR count). The Morgan fingerprint density at radius 2 is 1.10 bits per heavy atom. The summed E-state index contributed by atoms with van der Waals surface area (Å²) < 4.78 is 6.27. The lowest BCUT2D eigenvalue weighted by atomic mass is 10.1. The largest absolute Gasteiger partial charge is 0.497 e. The smallest absolute Gasteiger partial charge is 0.118 e. The average molecular weight is 486 g/mol. The zero-order valence-corrected chi connectivity index (χ0v) is 19.3. The fraction of sp³-hybridized carbons (Fsp3) is 0.0370. The van der Waals surface area contributed by atoms with Gasteiger partial charge in [-0.2, -0.15) is 0 Å². The van der Waals surface area contributed by atoms with Crippen LogP contribution in [0.1, 0.15) is 11.1 Å². The summed E-state index contributed by atoms with van der Waals surface area (Å²) >= 11 is 5.17. The van der Waals surface area contributed by atoms with Crippen molar-refractivity contribution in [3.05, 3.63) is 113 Å². The first kappa shape index (κ1) is 21.1. The lowest BCUT2D eigenvalue weighted by Gasteiger charge is -2.06. The van der Waals surface area contributed by atoms with E-state index < -0.39 is 0 Å². The summed E-state index contributed by atoms with van der Waals surface area (Å²) in [6, 6.07) is 32.6. The van der Waals surface area contributed by atoms with Gasteiger partial charge in [0.1, 0.15) is 5.75 Å². The molecule has 1 N–H and O–H groups in total. The van der Waals surface area contributed by atoms with Gasteiger partial charge in [-0.15, -0.1) is 0 Å². The van der Waals surface area contributed by atoms with E-state index in [2.05, 4.69) is 69.5 Å². The zero-order valence-electron chi connectivity index (χ0n) is 16.9. The van der Waals surface area contributed by atoms with Gasteiger partial charge < -0.3 is 10.1 Å². The Labute approximate surface area is 195 Å². The number of anilines is 2. The van der Waals surface area contributed by atoms with E-state index in [0.717, 1.165) is 32.7 Å². The summed E-state index contributed by atoms with van der Waals surface area (Å²) in [5, 5.41) is 3.39. The zero-order chi connectivity index (χ0) is 21.5. The molecule has 0 spiro atoms. The van der Waals surface area contributed by atoms with Crippen LogP contribution in [0, 0.1) is 11.8 Å². The lowest BCUT2D eigenvalue weighted by molar-refractivity contribution is 0.414. The molecule has 0 heterocycles. The van der Waals surface area contributed by atoms with E-state index in [1.807, 2.05) is 60.7 Å². The van der Waals surface area contributed by atoms with Crippen LogP contribution in [-0.2, 0) is 0 Å². The van der Waals surface area contributed by atoms with Crippen LogP contribution in [0.15, 0.2) is 111 Å². The van der Waals surface area contributed by atoms with Crippen LogP contribution >= 0.6 is 27.7 Å². The topological polar surface area (TPSA) is 21.3 Å². The Balaban J connectivity index is 1.37. The summed E-state index contributed by atoms with van der Waals surface area (Å²) in [4.78, 5) is 2.36. The molecule has 0 aliphatic carbocycles. The summed E-state index contributed by atoms with van der Waals surface area (Å²) in [5.41, 5.74) is 4.07. The number of rotatable bonds is 5. The normalized spacial score (nSPS) is 10.1. The monoisotopic (exact) mass is 485 g/mol. The van der Waals surface area contributed by atoms with Gasteiger partial charge in [-0.05, 0) is 97.1 Å². The van der Waals surface area contributed by atoms with Crippen molar-refractivity contribution in [2.75, 3.05) is 12.4 Å². The second kappa shape index (κ2) is 10.3. The van der Waals surface area contributed by atoms with E-state index in [0.29, 0.717) is 0 Å². The fourth-order valence-corrected chi connectivity index (χ4v) is 3.95. The second-order valence-corrected chi connectivity index (χ2v) is 8.82. The van der Waals surface area contributed by atoms with E-state index in [9.17, 15) is 0 Å². The van der Waals surface area contributed by atoms with Crippen molar-refractivity contribution in [1.29, 1.82) is 0 Å². The third-order valence-electron chi connectivity index (χ3n) is 4.52. The molecule has 0 aliphatic rings. The maximum absolute atomic E-state index is 5.21. The van der Waals surface area contributed by atoms with Gasteiger partial charge in [0, 0.05) is 36.8 Å². The predicted molar refractivity (Wildman–Crippen MR) is 133 cm³/mol. The maximum atomic E-state index is 5.21. The van der Waals surface area contributed by atoms with Gasteiger partial charge in [0.05, 0.1) is 7.11 Å². The van der Waals surface area contributed by atoms with Crippen molar-refractivity contribution >= 4 is 39.1 Å². The SMILES string of the molecule is COc1ccc(Sc2ccc(C#Cc3ccc(Nc4ccc(Br)cc4)cc3)cc2)cc1. The summed E-state index contributed by atoms with van der Waals surface area (Å²) in [6.45, 7) is 0. The number of halogens is 1. The van der Waals surface area contributed by atoms with Crippen molar-refractivity contribution in [3.63, 3.8) is 0 Å². The second-order valence-electron chi connectivity index (χ2n) is 6.76. The minimum absolute atomic E-state index is 0.868. The molecule has 0 aromatic heterocycles. The Kier molecular flexibility index (Phi) is 6.99. The van der Waals surface area contributed by atoms with Gasteiger partial charge in [0.15, 0.2) is 0 Å². The standard InChI is InChI=1S/C27H20BrNOS/c1-30-25-14-18-27(19-15-25)31-26-16-6-21(7-17-26)3-2-20-4-10-23(11-5-20)29-24-12-8-22(28)9-13-24/h4-19,29H,1H3. The number of benzene rings is 4. The molecule has 0 saturated carbocycles. The first-order valence-corrected chi connectivity index (χ1v) is 11.4. The molecule has 0 unspecified atom stereocenters. The molecule has 0 radical (unpaired) electrons. The van der Waals surface area contributed by atoms with Gasteiger partial charge in [0.2, 0.25) is 0 Å². The van der Waals surface area contributed by atoms with Crippen LogP contribution in [0.2, 0.25) is 0 Å². The molecular weight excluding hydrogens is 466 g/mol. The third kappa shape index (κ3) is 6.18. The fourth-order valence-electron chi connectivity index (χ4n) is 2.87. The Morgan fingerprint density at radius 1 is 0.645 bits per heavy atom. The van der Waals surface area contributed by atoms with E-state index in [1.165, 1.54) is 9.79 Å². The van der Waals surface area contributed by atoms with Gasteiger partial charge in [-0.1, -0.05) is 39.5 Å². The van der Waals surface area contributed by atoms with Crippen LogP contribution < -0.4 is 10.1 Å². The van der Waals surface area contributed by atoms with E-state index in [4.69, 9.17) is 4.74 Å². The minimum atomic E-state index is 0.868. The van der Waals surface area contributed by atoms with Crippen LogP contribution in [-0.4, -0.2) is 7.11 Å². The highest BCUT2D eigenvalue weighted by Crippen LogP contribution is 2.29. The van der Waals surface area contributed by atoms with E-state index in [1.54, 1.807) is 18.9 Å². The van der Waals surface area contributed by atoms with Gasteiger partial charge in [-0.25, -0.2) is 0 Å². The lowest BCUT2D eigenvalue weighted by Crippen LogP contribution is -1.89. The third-order valence-corrected chi connectivity index (χ3v) is 6.06. The molecule has 0 bridgehead atoms. The first-order chi connectivity index (χ1) is 15.2. The van der Waals surface area contributed by atoms with Crippen molar-refractivity contribution < 1.29 is 4.74 Å². The molecule has 0 atom stereocenters. The van der Waals surface area contributed by atoms with Crippen molar-refractivity contribution in [3.8, 4) is 17.6 Å². The first-order valence-electron chi connectivity index (χ1n) is 9.75. The highest BCUT2D eigenvalue weighted by Gasteiger charge is 1.99. The van der Waals surface area contributed by atoms with Crippen molar-refractivity contribution in [2.24, 2.45) is 0 Å². The Morgan fingerprint density at radius 3 is 1.61 bits per heavy atom. The van der Waals surface area contributed by atoms with Crippen LogP contribution in [0.5, 0.6) is 5.75 Å². The molecular formula is C27H20BrNOS. The number of hydrogen-bond donors (Lipinski definition) is 1. The predicted octanol–water partition coefficient (Wildman–Crippen LogP) is 7.75. The van der Waals surface area contributed by atoms with Gasteiger partial charge in [0.25, 0.3) is 0 Å². The Hall–Kier alpha value is -3.13. The number of nitrogens with one attached hydrogen (secondary N) is 1. The quantitative estimate of drug-likeness (QED) is 0.292. The van der Waals surface area contributed by atoms with Crippen LogP contribution in [0.3, 0.4) is 0 Å². The highest BCUT2D eigenvalue weighted by molar-refractivity contribution is 9.10. The Bertz CT molecular complexity index is 1190. The number of methoxy groups -OCH3 is 1. The van der Waals surface area contributed by atoms with Gasteiger partial charge >= 0.3 is 0 Å². The summed E-state index contributed by atoms with van der Waals surface area (Å²) in [6.07, 6.45) is 0. The van der Waals surface area contributed by atoms with Crippen molar-refractivity contribution in [1.82, 2.24) is 0 Å². The number of ether oxygens (including phenoxy) is 1. The van der Waals surface area contributed by atoms with E-state index >= 15 is 0 Å². The molecule has 0 saturated heterocycles. The highest BCUT2D eigenvalue weighted by atomic mass is 79.9. The molecule has 31 heavy (non-hydrogen) atoms. The molecule has 4 aromatic rings. The molecule has 0 fully saturated rings. The van der Waals surface area contributed by atoms with Crippen LogP contribution in [0.25, 0.3) is 0 Å². The molecule has 2 nitrogen and oxygen atoms in total. The van der Waals surface area contributed by atoms with Crippen molar-refractivity contribution in [2.45, 2.75) is 9.79 Å². The molecule has 152 valence electrons. The van der Waals surface area contributed by atoms with Crippen LogP contribution in [0.4, 0.5) is 11.4 Å². The molecule has 4 heteroatoms. The average Bonchev–Trinajstić information content (AvgIpc) is 2.81. The minimum Gasteiger partial charge on any atom is -0.497 e.